The molecule has 0 saturated carbocycles. The molecule has 98 valence electrons. The van der Waals surface area contributed by atoms with E-state index in [9.17, 15) is 0 Å². The molecule has 0 atom stereocenters. The fourth-order valence-corrected chi connectivity index (χ4v) is 1.57. The summed E-state index contributed by atoms with van der Waals surface area (Å²) in [5, 5.41) is 17.9. The third-order valence-corrected chi connectivity index (χ3v) is 2.51. The number of H-pyrrole nitrogens is 1. The highest BCUT2D eigenvalue weighted by molar-refractivity contribution is 5.24. The van der Waals surface area contributed by atoms with Gasteiger partial charge in [0.1, 0.15) is 0 Å². The summed E-state index contributed by atoms with van der Waals surface area (Å²) in [6.07, 6.45) is 2.56. The van der Waals surface area contributed by atoms with Crippen molar-refractivity contribution in [3.8, 4) is 0 Å². The molecule has 0 aliphatic heterocycles. The highest BCUT2D eigenvalue weighted by Gasteiger charge is 2.16. The minimum atomic E-state index is 0.144. The molecule has 2 aromatic rings. The number of hydrogen-bond donors (Lipinski definition) is 2. The number of aromatic nitrogens is 4. The van der Waals surface area contributed by atoms with Crippen molar-refractivity contribution in [2.75, 3.05) is 5.32 Å². The Morgan fingerprint density at radius 2 is 2.11 bits per heavy atom. The molecule has 0 radical (unpaired) electrons. The summed E-state index contributed by atoms with van der Waals surface area (Å²) >= 11 is 0. The summed E-state index contributed by atoms with van der Waals surface area (Å²) in [6.45, 7) is 9.01. The van der Waals surface area contributed by atoms with Crippen molar-refractivity contribution < 1.29 is 4.42 Å². The van der Waals surface area contributed by atoms with Crippen molar-refractivity contribution in [3.63, 3.8) is 0 Å². The second-order valence-electron chi connectivity index (χ2n) is 5.61. The average molecular weight is 249 g/mol. The molecule has 0 amide bonds. The lowest BCUT2D eigenvalue weighted by Crippen LogP contribution is -2.09. The van der Waals surface area contributed by atoms with Crippen LogP contribution in [0.2, 0.25) is 0 Å². The normalized spacial score (nSPS) is 11.8. The molecule has 0 bridgehead atoms. The zero-order valence-electron chi connectivity index (χ0n) is 11.2. The molecule has 0 fully saturated rings. The monoisotopic (exact) mass is 249 g/mol. The quantitative estimate of drug-likeness (QED) is 0.869. The van der Waals surface area contributed by atoms with Gasteiger partial charge in [-0.15, -0.1) is 5.10 Å². The van der Waals surface area contributed by atoms with Gasteiger partial charge in [0.2, 0.25) is 5.89 Å². The zero-order valence-corrected chi connectivity index (χ0v) is 11.2. The van der Waals surface area contributed by atoms with Crippen LogP contribution in [0.3, 0.4) is 0 Å². The van der Waals surface area contributed by atoms with Gasteiger partial charge in [-0.25, -0.2) is 0 Å². The Hall–Kier alpha value is -1.85. The second kappa shape index (κ2) is 4.80. The van der Waals surface area contributed by atoms with Crippen LogP contribution in [0.5, 0.6) is 0 Å². The summed E-state index contributed by atoms with van der Waals surface area (Å²) in [5.74, 6) is 0.661. The topological polar surface area (TPSA) is 79.6 Å². The zero-order chi connectivity index (χ0) is 13.2. The lowest BCUT2D eigenvalue weighted by molar-refractivity contribution is 0.357. The van der Waals surface area contributed by atoms with Crippen LogP contribution in [-0.4, -0.2) is 20.4 Å². The van der Waals surface area contributed by atoms with E-state index in [2.05, 4.69) is 46.5 Å². The van der Waals surface area contributed by atoms with Crippen LogP contribution in [0.4, 0.5) is 6.01 Å². The van der Waals surface area contributed by atoms with Gasteiger partial charge in [0.15, 0.2) is 0 Å². The Kier molecular flexibility index (Phi) is 3.36. The molecule has 2 aromatic heterocycles. The number of anilines is 1. The van der Waals surface area contributed by atoms with Crippen molar-refractivity contribution in [1.82, 2.24) is 20.4 Å². The van der Waals surface area contributed by atoms with Crippen LogP contribution < -0.4 is 5.32 Å². The van der Waals surface area contributed by atoms with E-state index in [0.717, 1.165) is 17.7 Å². The van der Waals surface area contributed by atoms with E-state index in [1.807, 2.05) is 6.92 Å². The molecule has 0 saturated heterocycles. The third kappa shape index (κ3) is 3.32. The maximum absolute atomic E-state index is 5.53. The minimum Gasteiger partial charge on any atom is -0.408 e. The summed E-state index contributed by atoms with van der Waals surface area (Å²) < 4.78 is 5.53. The molecule has 0 unspecified atom stereocenters. The maximum atomic E-state index is 5.53. The minimum absolute atomic E-state index is 0.144. The van der Waals surface area contributed by atoms with Crippen molar-refractivity contribution in [3.05, 3.63) is 23.3 Å². The molecule has 0 aliphatic rings. The lowest BCUT2D eigenvalue weighted by Gasteiger charge is -2.14. The molecule has 6 heteroatoms. The Labute approximate surface area is 106 Å². The molecule has 0 aliphatic carbocycles. The summed E-state index contributed by atoms with van der Waals surface area (Å²) in [5.41, 5.74) is 2.27. The van der Waals surface area contributed by atoms with Crippen molar-refractivity contribution in [1.29, 1.82) is 0 Å². The second-order valence-corrected chi connectivity index (χ2v) is 5.61. The molecule has 2 heterocycles. The average Bonchev–Trinajstić information content (AvgIpc) is 2.82. The fourth-order valence-electron chi connectivity index (χ4n) is 1.57. The van der Waals surface area contributed by atoms with E-state index in [1.54, 1.807) is 6.20 Å². The Bertz CT molecular complexity index is 509. The van der Waals surface area contributed by atoms with Crippen LogP contribution in [0.25, 0.3) is 0 Å². The van der Waals surface area contributed by atoms with Gasteiger partial charge in [-0.1, -0.05) is 25.9 Å². The largest absolute Gasteiger partial charge is 0.408 e. The molecule has 0 spiro atoms. The third-order valence-electron chi connectivity index (χ3n) is 2.51. The molecule has 0 aromatic carbocycles. The van der Waals surface area contributed by atoms with Crippen molar-refractivity contribution in [2.45, 2.75) is 40.7 Å². The SMILES string of the molecule is Cc1[nH]ncc1CNc1nnc(CC(C)(C)C)o1. The molecule has 18 heavy (non-hydrogen) atoms. The predicted octanol–water partition coefficient (Wildman–Crippen LogP) is 2.30. The number of nitrogens with one attached hydrogen (secondary N) is 2. The first kappa shape index (κ1) is 12.6. The lowest BCUT2D eigenvalue weighted by atomic mass is 9.92. The summed E-state index contributed by atoms with van der Waals surface area (Å²) in [4.78, 5) is 0. The van der Waals surface area contributed by atoms with Gasteiger partial charge in [-0.3, -0.25) is 5.10 Å². The van der Waals surface area contributed by atoms with Gasteiger partial charge in [-0.2, -0.15) is 5.10 Å². The van der Waals surface area contributed by atoms with Crippen LogP contribution in [0.15, 0.2) is 10.6 Å². The van der Waals surface area contributed by atoms with Crippen molar-refractivity contribution >= 4 is 6.01 Å². The summed E-state index contributed by atoms with van der Waals surface area (Å²) in [6, 6.07) is 0.454. The maximum Gasteiger partial charge on any atom is 0.315 e. The Morgan fingerprint density at radius 1 is 1.33 bits per heavy atom. The molecular weight excluding hydrogens is 230 g/mol. The van der Waals surface area contributed by atoms with E-state index in [4.69, 9.17) is 4.42 Å². The molecule has 2 N–H and O–H groups in total. The molecule has 6 nitrogen and oxygen atoms in total. The number of nitrogens with zero attached hydrogens (tertiary/aromatic N) is 3. The smallest absolute Gasteiger partial charge is 0.315 e. The van der Waals surface area contributed by atoms with Gasteiger partial charge in [-0.05, 0) is 12.3 Å². The number of rotatable bonds is 4. The number of aromatic amines is 1. The van der Waals surface area contributed by atoms with E-state index < -0.39 is 0 Å². The first-order valence-electron chi connectivity index (χ1n) is 5.99. The number of hydrogen-bond acceptors (Lipinski definition) is 5. The standard InChI is InChI=1S/C12H19N5O/c1-8-9(7-14-15-8)6-13-11-17-16-10(18-11)5-12(2,3)4/h7H,5-6H2,1-4H3,(H,13,17)(H,14,15). The van der Waals surface area contributed by atoms with Gasteiger partial charge in [0.25, 0.3) is 0 Å². The highest BCUT2D eigenvalue weighted by atomic mass is 16.4. The van der Waals surface area contributed by atoms with E-state index in [-0.39, 0.29) is 5.41 Å². The van der Waals surface area contributed by atoms with E-state index >= 15 is 0 Å². The Balaban J connectivity index is 1.93. The van der Waals surface area contributed by atoms with Gasteiger partial charge in [0, 0.05) is 24.2 Å². The van der Waals surface area contributed by atoms with Gasteiger partial charge >= 0.3 is 6.01 Å². The first-order valence-corrected chi connectivity index (χ1v) is 5.99. The molecular formula is C12H19N5O. The van der Waals surface area contributed by atoms with Crippen LogP contribution in [0, 0.1) is 12.3 Å². The van der Waals surface area contributed by atoms with Crippen molar-refractivity contribution in [2.24, 2.45) is 5.41 Å². The van der Waals surface area contributed by atoms with E-state index in [0.29, 0.717) is 18.5 Å². The fraction of sp³-hybridized carbons (Fsp3) is 0.583. The first-order chi connectivity index (χ1) is 8.44. The van der Waals surface area contributed by atoms with Crippen LogP contribution in [-0.2, 0) is 13.0 Å². The van der Waals surface area contributed by atoms with E-state index in [1.165, 1.54) is 0 Å². The Morgan fingerprint density at radius 3 is 2.72 bits per heavy atom. The van der Waals surface area contributed by atoms with Gasteiger partial charge in [0.05, 0.1) is 6.20 Å². The number of aryl methyl sites for hydroxylation is 1. The van der Waals surface area contributed by atoms with Gasteiger partial charge < -0.3 is 9.73 Å². The summed E-state index contributed by atoms with van der Waals surface area (Å²) in [7, 11) is 0. The van der Waals surface area contributed by atoms with Crippen LogP contribution in [0.1, 0.15) is 37.9 Å². The molecule has 2 rings (SSSR count). The predicted molar refractivity (Wildman–Crippen MR) is 68.1 cm³/mol. The van der Waals surface area contributed by atoms with Crippen LogP contribution >= 0.6 is 0 Å². The highest BCUT2D eigenvalue weighted by Crippen LogP contribution is 2.20.